The highest BCUT2D eigenvalue weighted by molar-refractivity contribution is 5.96. The average Bonchev–Trinajstić information content (AvgIpc) is 2.77. The Kier molecular flexibility index (Phi) is 5.45. The second-order valence-corrected chi connectivity index (χ2v) is 7.02. The van der Waals surface area contributed by atoms with E-state index in [9.17, 15) is 4.79 Å². The highest BCUT2D eigenvalue weighted by Gasteiger charge is 2.38. The molecule has 0 radical (unpaired) electrons. The molecule has 4 rings (SSSR count). The highest BCUT2D eigenvalue weighted by Crippen LogP contribution is 2.30. The van der Waals surface area contributed by atoms with E-state index in [1.54, 1.807) is 12.1 Å². The average molecular weight is 383 g/mol. The van der Waals surface area contributed by atoms with E-state index in [0.717, 1.165) is 6.54 Å². The Morgan fingerprint density at radius 2 is 1.89 bits per heavy atom. The monoisotopic (exact) mass is 383 g/mol. The van der Waals surface area contributed by atoms with Crippen LogP contribution in [0.3, 0.4) is 0 Å². The smallest absolute Gasteiger partial charge is 0.259 e. The van der Waals surface area contributed by atoms with E-state index in [0.29, 0.717) is 37.7 Å². The van der Waals surface area contributed by atoms with E-state index in [4.69, 9.17) is 14.2 Å². The maximum Gasteiger partial charge on any atom is 0.259 e. The summed E-state index contributed by atoms with van der Waals surface area (Å²) < 4.78 is 16.3. The quantitative estimate of drug-likeness (QED) is 0.805. The van der Waals surface area contributed by atoms with Crippen LogP contribution in [0.5, 0.6) is 11.8 Å². The van der Waals surface area contributed by atoms with Crippen LogP contribution in [0.4, 0.5) is 0 Å². The van der Waals surface area contributed by atoms with Crippen molar-refractivity contribution in [2.45, 2.75) is 12.1 Å². The zero-order valence-corrected chi connectivity index (χ0v) is 16.2. The van der Waals surface area contributed by atoms with Gasteiger partial charge >= 0.3 is 0 Å². The summed E-state index contributed by atoms with van der Waals surface area (Å²) in [6.45, 7) is 3.41. The summed E-state index contributed by atoms with van der Waals surface area (Å²) in [7, 11) is 3.05. The number of ether oxygens (including phenoxy) is 3. The zero-order chi connectivity index (χ0) is 19.5. The largest absolute Gasteiger partial charge is 0.481 e. The predicted octanol–water partition coefficient (Wildman–Crippen LogP) is 2.00. The summed E-state index contributed by atoms with van der Waals surface area (Å²) in [6.07, 6.45) is 0. The lowest BCUT2D eigenvalue weighted by molar-refractivity contribution is -0.0770. The molecule has 0 aliphatic carbocycles. The van der Waals surface area contributed by atoms with E-state index in [-0.39, 0.29) is 23.9 Å². The molecular formula is C21H25N3O4. The van der Waals surface area contributed by atoms with Crippen LogP contribution in [-0.2, 0) is 4.74 Å². The molecule has 2 aliphatic heterocycles. The molecule has 1 aromatic carbocycles. The standard InChI is InChI=1S/C21H25N3O4/c1-26-19-9-8-17(20(22-19)27-2)21(25)23-10-11-24-16(12-23)13-28-14-18(24)15-6-4-3-5-7-15/h3-9,16,18H,10-14H2,1-2H3/t16-,18-/m1/s1. The van der Waals surface area contributed by atoms with Crippen molar-refractivity contribution in [3.8, 4) is 11.8 Å². The first-order valence-corrected chi connectivity index (χ1v) is 9.48. The van der Waals surface area contributed by atoms with Gasteiger partial charge in [-0.05, 0) is 11.6 Å². The molecule has 7 nitrogen and oxygen atoms in total. The van der Waals surface area contributed by atoms with Gasteiger partial charge in [0, 0.05) is 25.7 Å². The van der Waals surface area contributed by atoms with E-state index < -0.39 is 0 Å². The van der Waals surface area contributed by atoms with Gasteiger partial charge in [-0.15, -0.1) is 0 Å². The number of carbonyl (C=O) groups excluding carboxylic acids is 1. The summed E-state index contributed by atoms with van der Waals surface area (Å²) in [6, 6.07) is 14.2. The van der Waals surface area contributed by atoms with Crippen molar-refractivity contribution in [2.75, 3.05) is 47.1 Å². The molecule has 2 atom stereocenters. The number of amides is 1. The lowest BCUT2D eigenvalue weighted by Gasteiger charge is -2.48. The van der Waals surface area contributed by atoms with Gasteiger partial charge in [-0.2, -0.15) is 4.98 Å². The number of piperazine rings is 1. The van der Waals surface area contributed by atoms with E-state index in [1.165, 1.54) is 19.8 Å². The number of rotatable bonds is 4. The molecule has 3 heterocycles. The topological polar surface area (TPSA) is 64.1 Å². The lowest BCUT2D eigenvalue weighted by atomic mass is 10.00. The van der Waals surface area contributed by atoms with Crippen LogP contribution >= 0.6 is 0 Å². The van der Waals surface area contributed by atoms with Gasteiger partial charge in [-0.3, -0.25) is 9.69 Å². The minimum Gasteiger partial charge on any atom is -0.481 e. The van der Waals surface area contributed by atoms with Gasteiger partial charge in [-0.1, -0.05) is 30.3 Å². The second-order valence-electron chi connectivity index (χ2n) is 7.02. The molecule has 28 heavy (non-hydrogen) atoms. The Morgan fingerprint density at radius 3 is 2.64 bits per heavy atom. The summed E-state index contributed by atoms with van der Waals surface area (Å²) >= 11 is 0. The molecule has 2 aromatic rings. The molecule has 0 bridgehead atoms. The van der Waals surface area contributed by atoms with Crippen LogP contribution in [0.25, 0.3) is 0 Å². The minimum absolute atomic E-state index is 0.0755. The lowest BCUT2D eigenvalue weighted by Crippen LogP contribution is -2.60. The molecule has 2 aliphatic rings. The number of benzene rings is 1. The van der Waals surface area contributed by atoms with Crippen LogP contribution in [0.1, 0.15) is 22.0 Å². The molecule has 2 saturated heterocycles. The van der Waals surface area contributed by atoms with Crippen molar-refractivity contribution in [3.05, 3.63) is 53.6 Å². The maximum absolute atomic E-state index is 13.1. The molecule has 0 saturated carbocycles. The Morgan fingerprint density at radius 1 is 1.07 bits per heavy atom. The molecule has 0 N–H and O–H groups in total. The molecule has 0 spiro atoms. The predicted molar refractivity (Wildman–Crippen MR) is 104 cm³/mol. The van der Waals surface area contributed by atoms with Gasteiger partial charge in [0.25, 0.3) is 5.91 Å². The first kappa shape index (κ1) is 18.7. The molecule has 0 unspecified atom stereocenters. The Labute approximate surface area is 164 Å². The number of hydrogen-bond donors (Lipinski definition) is 0. The van der Waals surface area contributed by atoms with Crippen LogP contribution < -0.4 is 9.47 Å². The molecule has 7 heteroatoms. The van der Waals surface area contributed by atoms with Crippen LogP contribution in [0, 0.1) is 0 Å². The summed E-state index contributed by atoms with van der Waals surface area (Å²) in [4.78, 5) is 21.7. The highest BCUT2D eigenvalue weighted by atomic mass is 16.5. The van der Waals surface area contributed by atoms with Gasteiger partial charge in [0.2, 0.25) is 11.8 Å². The first-order chi connectivity index (χ1) is 13.7. The number of nitrogens with zero attached hydrogens (tertiary/aromatic N) is 3. The molecule has 1 aromatic heterocycles. The van der Waals surface area contributed by atoms with E-state index >= 15 is 0 Å². The Balaban J connectivity index is 1.50. The molecular weight excluding hydrogens is 358 g/mol. The first-order valence-electron chi connectivity index (χ1n) is 9.48. The number of aromatic nitrogens is 1. The fraction of sp³-hybridized carbons (Fsp3) is 0.429. The van der Waals surface area contributed by atoms with Crippen molar-refractivity contribution in [3.63, 3.8) is 0 Å². The third kappa shape index (κ3) is 3.55. The summed E-state index contributed by atoms with van der Waals surface area (Å²) in [5.74, 6) is 0.631. The SMILES string of the molecule is COc1ccc(C(=O)N2CCN3[C@@H](COC[C@@H]3c3ccccc3)C2)c(OC)n1. The Bertz CT molecular complexity index is 830. The van der Waals surface area contributed by atoms with Crippen molar-refractivity contribution in [1.82, 2.24) is 14.8 Å². The van der Waals surface area contributed by atoms with Crippen LogP contribution in [-0.4, -0.2) is 73.8 Å². The van der Waals surface area contributed by atoms with Crippen molar-refractivity contribution >= 4 is 5.91 Å². The van der Waals surface area contributed by atoms with Crippen molar-refractivity contribution in [2.24, 2.45) is 0 Å². The number of carbonyl (C=O) groups is 1. The fourth-order valence-electron chi connectivity index (χ4n) is 4.01. The molecule has 148 valence electrons. The van der Waals surface area contributed by atoms with Gasteiger partial charge < -0.3 is 19.1 Å². The number of morpholine rings is 1. The number of fused-ring (bicyclic) bond motifs is 1. The maximum atomic E-state index is 13.1. The van der Waals surface area contributed by atoms with E-state index in [1.807, 2.05) is 11.0 Å². The van der Waals surface area contributed by atoms with Gasteiger partial charge in [0.1, 0.15) is 5.56 Å². The number of hydrogen-bond acceptors (Lipinski definition) is 6. The normalized spacial score (nSPS) is 22.4. The zero-order valence-electron chi connectivity index (χ0n) is 16.2. The van der Waals surface area contributed by atoms with Crippen LogP contribution in [0.15, 0.2) is 42.5 Å². The van der Waals surface area contributed by atoms with Gasteiger partial charge in [0.05, 0.1) is 39.5 Å². The summed E-state index contributed by atoms with van der Waals surface area (Å²) in [5, 5.41) is 0. The number of pyridine rings is 1. The summed E-state index contributed by atoms with van der Waals surface area (Å²) in [5.41, 5.74) is 1.71. The van der Waals surface area contributed by atoms with Crippen molar-refractivity contribution < 1.29 is 19.0 Å². The minimum atomic E-state index is -0.0755. The molecule has 1 amide bonds. The second kappa shape index (κ2) is 8.16. The third-order valence-corrected chi connectivity index (χ3v) is 5.45. The Hall–Kier alpha value is -2.64. The van der Waals surface area contributed by atoms with Crippen molar-refractivity contribution in [1.29, 1.82) is 0 Å². The van der Waals surface area contributed by atoms with Gasteiger partial charge in [-0.25, -0.2) is 0 Å². The number of methoxy groups -OCH3 is 2. The fourth-order valence-corrected chi connectivity index (χ4v) is 4.01. The van der Waals surface area contributed by atoms with E-state index in [2.05, 4.69) is 34.1 Å². The molecule has 2 fully saturated rings. The van der Waals surface area contributed by atoms with Crippen LogP contribution in [0.2, 0.25) is 0 Å². The van der Waals surface area contributed by atoms with Gasteiger partial charge in [0.15, 0.2) is 0 Å². The third-order valence-electron chi connectivity index (χ3n) is 5.45.